The van der Waals surface area contributed by atoms with E-state index in [1.807, 2.05) is 45.2 Å². The van der Waals surface area contributed by atoms with Gasteiger partial charge >= 0.3 is 5.97 Å². The lowest BCUT2D eigenvalue weighted by Gasteiger charge is -2.03. The normalized spacial score (nSPS) is 10.0. The SMILES string of the molecule is O=C(O)Cn1cc(I)c(=O)c(I)c1. The molecule has 13 heavy (non-hydrogen) atoms. The van der Waals surface area contributed by atoms with Crippen LogP contribution >= 0.6 is 45.2 Å². The molecule has 1 heterocycles. The molecule has 0 spiro atoms. The second-order valence-corrected chi connectivity index (χ2v) is 4.67. The Morgan fingerprint density at radius 2 is 1.85 bits per heavy atom. The molecular formula is C7H5I2NO3. The highest BCUT2D eigenvalue weighted by Crippen LogP contribution is 2.03. The molecule has 0 amide bonds. The number of aromatic nitrogens is 1. The predicted molar refractivity (Wildman–Crippen MR) is 63.8 cm³/mol. The molecule has 0 bridgehead atoms. The zero-order chi connectivity index (χ0) is 10.0. The highest BCUT2D eigenvalue weighted by atomic mass is 127. The lowest BCUT2D eigenvalue weighted by molar-refractivity contribution is -0.137. The van der Waals surface area contributed by atoms with E-state index in [4.69, 9.17) is 5.11 Å². The molecule has 0 aliphatic rings. The number of pyridine rings is 1. The molecule has 0 saturated carbocycles. The Morgan fingerprint density at radius 3 is 2.23 bits per heavy atom. The van der Waals surface area contributed by atoms with Gasteiger partial charge in [-0.25, -0.2) is 0 Å². The van der Waals surface area contributed by atoms with E-state index in [0.717, 1.165) is 0 Å². The number of carboxylic acids is 1. The highest BCUT2D eigenvalue weighted by Gasteiger charge is 2.04. The van der Waals surface area contributed by atoms with Crippen molar-refractivity contribution in [2.75, 3.05) is 0 Å². The maximum Gasteiger partial charge on any atom is 0.323 e. The first-order valence-corrected chi connectivity index (χ1v) is 5.43. The minimum atomic E-state index is -0.921. The summed E-state index contributed by atoms with van der Waals surface area (Å²) in [5.74, 6) is -0.921. The van der Waals surface area contributed by atoms with E-state index in [-0.39, 0.29) is 12.0 Å². The van der Waals surface area contributed by atoms with Crippen LogP contribution in [0.4, 0.5) is 0 Å². The van der Waals surface area contributed by atoms with Crippen LogP contribution in [-0.2, 0) is 11.3 Å². The van der Waals surface area contributed by atoms with Gasteiger partial charge in [0.15, 0.2) is 0 Å². The number of hydrogen-bond acceptors (Lipinski definition) is 2. The van der Waals surface area contributed by atoms with Crippen molar-refractivity contribution in [1.82, 2.24) is 4.57 Å². The summed E-state index contributed by atoms with van der Waals surface area (Å²) in [6, 6.07) is 0. The molecule has 0 radical (unpaired) electrons. The summed E-state index contributed by atoms with van der Waals surface area (Å²) in [6.07, 6.45) is 3.05. The van der Waals surface area contributed by atoms with Crippen molar-refractivity contribution in [3.8, 4) is 0 Å². The van der Waals surface area contributed by atoms with Gasteiger partial charge in [-0.1, -0.05) is 0 Å². The number of carboxylic acid groups (broad SMARTS) is 1. The van der Waals surface area contributed by atoms with Gasteiger partial charge in [-0.2, -0.15) is 0 Å². The van der Waals surface area contributed by atoms with Gasteiger partial charge < -0.3 is 9.67 Å². The topological polar surface area (TPSA) is 59.3 Å². The van der Waals surface area contributed by atoms with Crippen LogP contribution in [-0.4, -0.2) is 15.6 Å². The number of aliphatic carboxylic acids is 1. The summed E-state index contributed by atoms with van der Waals surface area (Å²) in [4.78, 5) is 21.6. The third-order valence-corrected chi connectivity index (χ3v) is 2.85. The molecule has 70 valence electrons. The Balaban J connectivity index is 3.13. The minimum absolute atomic E-state index is 0.0529. The number of nitrogens with zero attached hydrogens (tertiary/aromatic N) is 1. The summed E-state index contributed by atoms with van der Waals surface area (Å²) in [6.45, 7) is -0.119. The van der Waals surface area contributed by atoms with E-state index >= 15 is 0 Å². The van der Waals surface area contributed by atoms with Crippen LogP contribution in [0.1, 0.15) is 0 Å². The molecular weight excluding hydrogens is 400 g/mol. The van der Waals surface area contributed by atoms with Crippen LogP contribution in [0.5, 0.6) is 0 Å². The van der Waals surface area contributed by atoms with E-state index in [1.165, 1.54) is 17.0 Å². The summed E-state index contributed by atoms with van der Waals surface area (Å²) in [7, 11) is 0. The van der Waals surface area contributed by atoms with Crippen LogP contribution in [0.2, 0.25) is 0 Å². The Hall–Kier alpha value is -0.120. The number of rotatable bonds is 2. The molecule has 0 aliphatic heterocycles. The molecule has 6 heteroatoms. The van der Waals surface area contributed by atoms with E-state index in [9.17, 15) is 9.59 Å². The van der Waals surface area contributed by atoms with Gasteiger partial charge in [0.2, 0.25) is 5.43 Å². The molecule has 0 fully saturated rings. The molecule has 1 aromatic heterocycles. The molecule has 0 aliphatic carbocycles. The van der Waals surface area contributed by atoms with E-state index in [1.54, 1.807) is 0 Å². The smallest absolute Gasteiger partial charge is 0.323 e. The van der Waals surface area contributed by atoms with Gasteiger partial charge in [-0.15, -0.1) is 0 Å². The molecule has 1 N–H and O–H groups in total. The molecule has 4 nitrogen and oxygen atoms in total. The number of hydrogen-bond donors (Lipinski definition) is 1. The number of halogens is 2. The van der Waals surface area contributed by atoms with Crippen LogP contribution in [0.3, 0.4) is 0 Å². The Bertz CT molecular complexity index is 373. The fourth-order valence-electron chi connectivity index (χ4n) is 0.807. The average Bonchev–Trinajstić information content (AvgIpc) is 1.98. The highest BCUT2D eigenvalue weighted by molar-refractivity contribution is 14.1. The zero-order valence-electron chi connectivity index (χ0n) is 6.33. The van der Waals surface area contributed by atoms with Gasteiger partial charge in [0, 0.05) is 12.4 Å². The van der Waals surface area contributed by atoms with Gasteiger partial charge in [0.25, 0.3) is 0 Å². The fourth-order valence-corrected chi connectivity index (χ4v) is 2.62. The van der Waals surface area contributed by atoms with Crippen molar-refractivity contribution in [1.29, 1.82) is 0 Å². The molecule has 1 rings (SSSR count). The maximum atomic E-state index is 11.2. The first kappa shape index (κ1) is 11.0. The largest absolute Gasteiger partial charge is 0.480 e. The summed E-state index contributed by atoms with van der Waals surface area (Å²) in [5.41, 5.74) is -0.0529. The van der Waals surface area contributed by atoms with Gasteiger partial charge in [0.1, 0.15) is 6.54 Å². The first-order valence-electron chi connectivity index (χ1n) is 3.27. The van der Waals surface area contributed by atoms with Crippen molar-refractivity contribution in [2.45, 2.75) is 6.54 Å². The van der Waals surface area contributed by atoms with Crippen LogP contribution in [0.15, 0.2) is 17.2 Å². The van der Waals surface area contributed by atoms with Gasteiger partial charge in [0.05, 0.1) is 7.14 Å². The first-order chi connectivity index (χ1) is 6.00. The van der Waals surface area contributed by atoms with E-state index in [2.05, 4.69) is 0 Å². The second kappa shape index (κ2) is 4.40. The fraction of sp³-hybridized carbons (Fsp3) is 0.143. The standard InChI is InChI=1S/C7H5I2NO3/c8-4-1-10(3-6(11)12)2-5(9)7(4)13/h1-2H,3H2,(H,11,12). The average molecular weight is 405 g/mol. The minimum Gasteiger partial charge on any atom is -0.480 e. The lowest BCUT2D eigenvalue weighted by atomic mass is 10.4. The Kier molecular flexibility index (Phi) is 3.71. The third-order valence-electron chi connectivity index (χ3n) is 1.31. The van der Waals surface area contributed by atoms with E-state index < -0.39 is 5.97 Å². The lowest BCUT2D eigenvalue weighted by Crippen LogP contribution is -2.16. The van der Waals surface area contributed by atoms with Crippen molar-refractivity contribution >= 4 is 51.2 Å². The molecule has 0 aromatic carbocycles. The maximum absolute atomic E-state index is 11.2. The number of carbonyl (C=O) groups is 1. The molecule has 0 unspecified atom stereocenters. The summed E-state index contributed by atoms with van der Waals surface area (Å²) >= 11 is 3.78. The molecule has 0 saturated heterocycles. The van der Waals surface area contributed by atoms with Crippen molar-refractivity contribution in [3.63, 3.8) is 0 Å². The quantitative estimate of drug-likeness (QED) is 0.752. The van der Waals surface area contributed by atoms with Crippen LogP contribution in [0.25, 0.3) is 0 Å². The summed E-state index contributed by atoms with van der Waals surface area (Å²) < 4.78 is 2.55. The van der Waals surface area contributed by atoms with Crippen LogP contribution < -0.4 is 5.43 Å². The van der Waals surface area contributed by atoms with Gasteiger partial charge in [-0.05, 0) is 45.2 Å². The van der Waals surface area contributed by atoms with Gasteiger partial charge in [-0.3, -0.25) is 9.59 Å². The van der Waals surface area contributed by atoms with Crippen molar-refractivity contribution in [3.05, 3.63) is 29.8 Å². The Labute approximate surface area is 101 Å². The molecule has 1 aromatic rings. The second-order valence-electron chi connectivity index (χ2n) is 2.35. The van der Waals surface area contributed by atoms with Crippen molar-refractivity contribution < 1.29 is 9.90 Å². The molecule has 0 atom stereocenters. The predicted octanol–water partition coefficient (Wildman–Crippen LogP) is 1.14. The monoisotopic (exact) mass is 405 g/mol. The Morgan fingerprint density at radius 1 is 1.38 bits per heavy atom. The van der Waals surface area contributed by atoms with Crippen LogP contribution in [0, 0.1) is 7.14 Å². The van der Waals surface area contributed by atoms with Crippen molar-refractivity contribution in [2.24, 2.45) is 0 Å². The van der Waals surface area contributed by atoms with E-state index in [0.29, 0.717) is 7.14 Å². The summed E-state index contributed by atoms with van der Waals surface area (Å²) in [5, 5.41) is 8.51. The zero-order valence-corrected chi connectivity index (χ0v) is 10.6. The third kappa shape index (κ3) is 2.93.